The third kappa shape index (κ3) is 3.63. The standard InChI is InChI=1S/C12H17IN2/c13-10-7-8-12(14-9-10)15-11-5-3-1-2-4-6-11/h7-9,11H,1-6H2,(H,14,15). The topological polar surface area (TPSA) is 24.9 Å². The zero-order valence-corrected chi connectivity index (χ0v) is 11.0. The molecule has 3 heteroatoms. The molecule has 0 unspecified atom stereocenters. The van der Waals surface area contributed by atoms with Crippen LogP contribution in [0, 0.1) is 3.57 Å². The minimum Gasteiger partial charge on any atom is -0.367 e. The lowest BCUT2D eigenvalue weighted by Gasteiger charge is -2.16. The van der Waals surface area contributed by atoms with Gasteiger partial charge in [-0.2, -0.15) is 0 Å². The van der Waals surface area contributed by atoms with Crippen molar-refractivity contribution in [1.29, 1.82) is 0 Å². The number of hydrogen-bond acceptors (Lipinski definition) is 2. The number of rotatable bonds is 2. The van der Waals surface area contributed by atoms with E-state index in [0.29, 0.717) is 6.04 Å². The number of anilines is 1. The number of hydrogen-bond donors (Lipinski definition) is 1. The van der Waals surface area contributed by atoms with Crippen molar-refractivity contribution in [3.05, 3.63) is 21.9 Å². The van der Waals surface area contributed by atoms with Gasteiger partial charge in [0.25, 0.3) is 0 Å². The Hall–Kier alpha value is -0.320. The zero-order chi connectivity index (χ0) is 10.5. The summed E-state index contributed by atoms with van der Waals surface area (Å²) in [6.07, 6.45) is 10.0. The molecule has 1 aromatic rings. The average Bonchev–Trinajstić information content (AvgIpc) is 2.50. The first kappa shape index (κ1) is 11.2. The molecule has 1 fully saturated rings. The molecule has 1 heterocycles. The predicted octanol–water partition coefficient (Wildman–Crippen LogP) is 3.82. The van der Waals surface area contributed by atoms with E-state index < -0.39 is 0 Å². The summed E-state index contributed by atoms with van der Waals surface area (Å²) in [5, 5.41) is 3.53. The summed E-state index contributed by atoms with van der Waals surface area (Å²) < 4.78 is 1.19. The fourth-order valence-electron chi connectivity index (χ4n) is 2.09. The Morgan fingerprint density at radius 3 is 2.47 bits per heavy atom. The molecule has 0 aliphatic heterocycles. The zero-order valence-electron chi connectivity index (χ0n) is 8.88. The Labute approximate surface area is 105 Å². The largest absolute Gasteiger partial charge is 0.367 e. The molecule has 0 amide bonds. The second kappa shape index (κ2) is 5.68. The van der Waals surface area contributed by atoms with Crippen molar-refractivity contribution in [2.75, 3.05) is 5.32 Å². The molecule has 2 nitrogen and oxygen atoms in total. The van der Waals surface area contributed by atoms with Crippen molar-refractivity contribution < 1.29 is 0 Å². The van der Waals surface area contributed by atoms with Crippen molar-refractivity contribution in [2.24, 2.45) is 0 Å². The normalized spacial score (nSPS) is 18.5. The van der Waals surface area contributed by atoms with Crippen LogP contribution in [0.3, 0.4) is 0 Å². The van der Waals surface area contributed by atoms with E-state index in [2.05, 4.69) is 45.0 Å². The smallest absolute Gasteiger partial charge is 0.126 e. The first-order valence-corrected chi connectivity index (χ1v) is 6.80. The summed E-state index contributed by atoms with van der Waals surface area (Å²) in [6.45, 7) is 0. The lowest BCUT2D eigenvalue weighted by atomic mass is 10.1. The van der Waals surface area contributed by atoms with E-state index in [-0.39, 0.29) is 0 Å². The van der Waals surface area contributed by atoms with Crippen LogP contribution >= 0.6 is 22.6 Å². The molecule has 1 aliphatic carbocycles. The van der Waals surface area contributed by atoms with Gasteiger partial charge in [-0.15, -0.1) is 0 Å². The maximum absolute atomic E-state index is 4.38. The van der Waals surface area contributed by atoms with Crippen LogP contribution in [0.25, 0.3) is 0 Å². The van der Waals surface area contributed by atoms with Gasteiger partial charge in [0.05, 0.1) is 0 Å². The molecule has 0 bridgehead atoms. The van der Waals surface area contributed by atoms with E-state index >= 15 is 0 Å². The molecule has 1 N–H and O–H groups in total. The quantitative estimate of drug-likeness (QED) is 0.663. The molecule has 82 valence electrons. The maximum atomic E-state index is 4.38. The second-order valence-electron chi connectivity index (χ2n) is 4.19. The highest BCUT2D eigenvalue weighted by atomic mass is 127. The molecule has 0 aromatic carbocycles. The van der Waals surface area contributed by atoms with E-state index in [1.54, 1.807) is 0 Å². The molecule has 1 aliphatic rings. The summed E-state index contributed by atoms with van der Waals surface area (Å²) in [6, 6.07) is 4.82. The van der Waals surface area contributed by atoms with E-state index in [1.807, 2.05) is 6.20 Å². The summed E-state index contributed by atoms with van der Waals surface area (Å²) in [4.78, 5) is 4.38. The SMILES string of the molecule is Ic1ccc(NC2CCCCCC2)nc1. The van der Waals surface area contributed by atoms with Crippen LogP contribution in [0.2, 0.25) is 0 Å². The fourth-order valence-corrected chi connectivity index (χ4v) is 2.41. The van der Waals surface area contributed by atoms with Crippen LogP contribution in [-0.2, 0) is 0 Å². The van der Waals surface area contributed by atoms with Crippen molar-refractivity contribution in [3.8, 4) is 0 Å². The Bertz CT molecular complexity index is 289. The predicted molar refractivity (Wildman–Crippen MR) is 72.1 cm³/mol. The van der Waals surface area contributed by atoms with Gasteiger partial charge in [0, 0.05) is 15.8 Å². The van der Waals surface area contributed by atoms with Crippen LogP contribution in [-0.4, -0.2) is 11.0 Å². The van der Waals surface area contributed by atoms with Crippen LogP contribution in [0.15, 0.2) is 18.3 Å². The second-order valence-corrected chi connectivity index (χ2v) is 5.44. The average molecular weight is 316 g/mol. The highest BCUT2D eigenvalue weighted by molar-refractivity contribution is 14.1. The van der Waals surface area contributed by atoms with Crippen molar-refractivity contribution in [2.45, 2.75) is 44.6 Å². The summed E-state index contributed by atoms with van der Waals surface area (Å²) in [7, 11) is 0. The van der Waals surface area contributed by atoms with Crippen molar-refractivity contribution in [3.63, 3.8) is 0 Å². The number of pyridine rings is 1. The Morgan fingerprint density at radius 1 is 1.13 bits per heavy atom. The van der Waals surface area contributed by atoms with Gasteiger partial charge < -0.3 is 5.32 Å². The molecule has 15 heavy (non-hydrogen) atoms. The Morgan fingerprint density at radius 2 is 1.87 bits per heavy atom. The number of aromatic nitrogens is 1. The maximum Gasteiger partial charge on any atom is 0.126 e. The third-order valence-corrected chi connectivity index (χ3v) is 3.57. The molecular formula is C12H17IN2. The van der Waals surface area contributed by atoms with Gasteiger partial charge in [0.15, 0.2) is 0 Å². The lowest BCUT2D eigenvalue weighted by Crippen LogP contribution is -2.18. The number of nitrogens with one attached hydrogen (secondary N) is 1. The van der Waals surface area contributed by atoms with Gasteiger partial charge in [-0.05, 0) is 47.6 Å². The summed E-state index contributed by atoms with van der Waals surface area (Å²) in [5.41, 5.74) is 0. The van der Waals surface area contributed by atoms with Gasteiger partial charge in [-0.25, -0.2) is 4.98 Å². The van der Waals surface area contributed by atoms with Crippen LogP contribution in [0.4, 0.5) is 5.82 Å². The first-order valence-electron chi connectivity index (χ1n) is 5.73. The van der Waals surface area contributed by atoms with Gasteiger partial charge in [0.1, 0.15) is 5.82 Å². The third-order valence-electron chi connectivity index (χ3n) is 2.93. The van der Waals surface area contributed by atoms with Crippen LogP contribution < -0.4 is 5.32 Å². The van der Waals surface area contributed by atoms with E-state index in [0.717, 1.165) is 5.82 Å². The Balaban J connectivity index is 1.92. The van der Waals surface area contributed by atoms with Gasteiger partial charge in [0.2, 0.25) is 0 Å². The van der Waals surface area contributed by atoms with E-state index in [4.69, 9.17) is 0 Å². The first-order chi connectivity index (χ1) is 7.34. The molecule has 1 aromatic heterocycles. The van der Waals surface area contributed by atoms with Gasteiger partial charge in [-0.1, -0.05) is 25.7 Å². The number of nitrogens with zero attached hydrogens (tertiary/aromatic N) is 1. The molecule has 0 atom stereocenters. The van der Waals surface area contributed by atoms with Crippen molar-refractivity contribution in [1.82, 2.24) is 4.98 Å². The minimum atomic E-state index is 0.639. The number of halogens is 1. The molecule has 0 saturated heterocycles. The molecule has 1 saturated carbocycles. The van der Waals surface area contributed by atoms with Gasteiger partial charge in [-0.3, -0.25) is 0 Å². The van der Waals surface area contributed by atoms with E-state index in [9.17, 15) is 0 Å². The summed E-state index contributed by atoms with van der Waals surface area (Å²) >= 11 is 2.28. The Kier molecular flexibility index (Phi) is 4.23. The molecular weight excluding hydrogens is 299 g/mol. The van der Waals surface area contributed by atoms with Crippen LogP contribution in [0.1, 0.15) is 38.5 Å². The molecule has 0 radical (unpaired) electrons. The minimum absolute atomic E-state index is 0.639. The van der Waals surface area contributed by atoms with E-state index in [1.165, 1.54) is 42.1 Å². The highest BCUT2D eigenvalue weighted by Gasteiger charge is 2.11. The van der Waals surface area contributed by atoms with Crippen molar-refractivity contribution >= 4 is 28.4 Å². The summed E-state index contributed by atoms with van der Waals surface area (Å²) in [5.74, 6) is 1.03. The van der Waals surface area contributed by atoms with Crippen LogP contribution in [0.5, 0.6) is 0 Å². The highest BCUT2D eigenvalue weighted by Crippen LogP contribution is 2.20. The molecule has 2 rings (SSSR count). The molecule has 0 spiro atoms. The lowest BCUT2D eigenvalue weighted by molar-refractivity contribution is 0.617. The fraction of sp³-hybridized carbons (Fsp3) is 0.583. The monoisotopic (exact) mass is 316 g/mol. The van der Waals surface area contributed by atoms with Gasteiger partial charge >= 0.3 is 0 Å².